The number of benzene rings is 1. The molecule has 1 aromatic carbocycles. The van der Waals surface area contributed by atoms with Crippen LogP contribution in [0.25, 0.3) is 0 Å². The minimum Gasteiger partial charge on any atom is -0.491 e. The summed E-state index contributed by atoms with van der Waals surface area (Å²) in [6.45, 7) is 2.52. The van der Waals surface area contributed by atoms with E-state index in [0.717, 1.165) is 12.0 Å². The molecule has 0 spiro atoms. The summed E-state index contributed by atoms with van der Waals surface area (Å²) in [6, 6.07) is 5.43. The second-order valence-electron chi connectivity index (χ2n) is 4.30. The molecular formula is C13H20ClNO3S. The maximum atomic E-state index is 11.5. The summed E-state index contributed by atoms with van der Waals surface area (Å²) in [5, 5.41) is 0.485. The van der Waals surface area contributed by atoms with Gasteiger partial charge in [-0.2, -0.15) is 0 Å². The first-order chi connectivity index (χ1) is 8.98. The summed E-state index contributed by atoms with van der Waals surface area (Å²) in [7, 11) is -3.02. The molecule has 4 nitrogen and oxygen atoms in total. The second kappa shape index (κ2) is 7.72. The van der Waals surface area contributed by atoms with Crippen LogP contribution in [0.3, 0.4) is 0 Å². The topological polar surface area (TPSA) is 69.4 Å². The molecule has 0 saturated heterocycles. The van der Waals surface area contributed by atoms with Crippen molar-refractivity contribution in [3.05, 3.63) is 28.8 Å². The SMILES string of the molecule is CCCS(=O)(=O)CCOc1ccc(CCN)cc1Cl. The molecule has 2 N–H and O–H groups in total. The molecule has 0 atom stereocenters. The van der Waals surface area contributed by atoms with Gasteiger partial charge in [-0.15, -0.1) is 0 Å². The fraction of sp³-hybridized carbons (Fsp3) is 0.538. The van der Waals surface area contributed by atoms with Gasteiger partial charge in [-0.1, -0.05) is 24.6 Å². The lowest BCUT2D eigenvalue weighted by molar-refractivity contribution is 0.341. The van der Waals surface area contributed by atoms with Crippen LogP contribution in [0.15, 0.2) is 18.2 Å². The highest BCUT2D eigenvalue weighted by atomic mass is 35.5. The minimum atomic E-state index is -3.02. The summed E-state index contributed by atoms with van der Waals surface area (Å²) in [6.07, 6.45) is 1.38. The lowest BCUT2D eigenvalue weighted by Gasteiger charge is -2.09. The highest BCUT2D eigenvalue weighted by Gasteiger charge is 2.10. The van der Waals surface area contributed by atoms with Crippen molar-refractivity contribution < 1.29 is 13.2 Å². The van der Waals surface area contributed by atoms with Gasteiger partial charge in [0, 0.05) is 0 Å². The van der Waals surface area contributed by atoms with Crippen molar-refractivity contribution in [2.75, 3.05) is 24.7 Å². The maximum Gasteiger partial charge on any atom is 0.153 e. The first kappa shape index (κ1) is 16.3. The van der Waals surface area contributed by atoms with Crippen molar-refractivity contribution in [3.8, 4) is 5.75 Å². The molecular weight excluding hydrogens is 286 g/mol. The molecule has 0 aliphatic rings. The molecule has 0 heterocycles. The standard InChI is InChI=1S/C13H20ClNO3S/c1-2-8-19(16,17)9-7-18-13-4-3-11(5-6-15)10-12(13)14/h3-4,10H,2,5-9,15H2,1H3. The fourth-order valence-electron chi connectivity index (χ4n) is 1.68. The number of rotatable bonds is 8. The van der Waals surface area contributed by atoms with Gasteiger partial charge in [0.2, 0.25) is 0 Å². The van der Waals surface area contributed by atoms with Crippen LogP contribution < -0.4 is 10.5 Å². The predicted octanol–water partition coefficient (Wildman–Crippen LogP) is 2.04. The number of hydrogen-bond donors (Lipinski definition) is 1. The van der Waals surface area contributed by atoms with Gasteiger partial charge in [-0.25, -0.2) is 8.42 Å². The fourth-order valence-corrected chi connectivity index (χ4v) is 3.10. The molecule has 0 radical (unpaired) electrons. The van der Waals surface area contributed by atoms with E-state index >= 15 is 0 Å². The zero-order valence-corrected chi connectivity index (χ0v) is 12.6. The molecule has 0 unspecified atom stereocenters. The van der Waals surface area contributed by atoms with Crippen molar-refractivity contribution in [3.63, 3.8) is 0 Å². The van der Waals surface area contributed by atoms with Crippen molar-refractivity contribution in [1.29, 1.82) is 0 Å². The van der Waals surface area contributed by atoms with Crippen molar-refractivity contribution in [1.82, 2.24) is 0 Å². The first-order valence-electron chi connectivity index (χ1n) is 6.30. The van der Waals surface area contributed by atoms with E-state index in [-0.39, 0.29) is 18.1 Å². The van der Waals surface area contributed by atoms with Crippen LogP contribution in [-0.4, -0.2) is 33.1 Å². The van der Waals surface area contributed by atoms with Gasteiger partial charge < -0.3 is 10.5 Å². The highest BCUT2D eigenvalue weighted by Crippen LogP contribution is 2.25. The summed E-state index contributed by atoms with van der Waals surface area (Å²) in [4.78, 5) is 0. The average molecular weight is 306 g/mol. The van der Waals surface area contributed by atoms with Gasteiger partial charge >= 0.3 is 0 Å². The van der Waals surface area contributed by atoms with Crippen LogP contribution >= 0.6 is 11.6 Å². The summed E-state index contributed by atoms with van der Waals surface area (Å²) in [5.74, 6) is 0.718. The minimum absolute atomic E-state index is 0.0156. The summed E-state index contributed by atoms with van der Waals surface area (Å²) < 4.78 is 28.4. The first-order valence-corrected chi connectivity index (χ1v) is 8.50. The van der Waals surface area contributed by atoms with Crippen molar-refractivity contribution in [2.24, 2.45) is 5.73 Å². The third-order valence-electron chi connectivity index (χ3n) is 2.60. The molecule has 0 bridgehead atoms. The molecule has 0 aromatic heterocycles. The van der Waals surface area contributed by atoms with Crippen molar-refractivity contribution in [2.45, 2.75) is 19.8 Å². The monoisotopic (exact) mass is 305 g/mol. The number of ether oxygens (including phenoxy) is 1. The molecule has 108 valence electrons. The molecule has 0 aliphatic heterocycles. The van der Waals surface area contributed by atoms with Gasteiger partial charge in [0.05, 0.1) is 16.5 Å². The quantitative estimate of drug-likeness (QED) is 0.798. The summed E-state index contributed by atoms with van der Waals surface area (Å²) in [5.41, 5.74) is 6.50. The Morgan fingerprint density at radius 2 is 2.05 bits per heavy atom. The van der Waals surface area contributed by atoms with Gasteiger partial charge in [-0.3, -0.25) is 0 Å². The molecule has 1 rings (SSSR count). The van der Waals surface area contributed by atoms with Gasteiger partial charge in [-0.05, 0) is 37.1 Å². The Labute approximate surface area is 119 Å². The Morgan fingerprint density at radius 1 is 1.32 bits per heavy atom. The molecule has 6 heteroatoms. The zero-order chi connectivity index (χ0) is 14.3. The van der Waals surface area contributed by atoms with Crippen LogP contribution in [0.5, 0.6) is 5.75 Å². The van der Waals surface area contributed by atoms with Crippen LogP contribution in [0, 0.1) is 0 Å². The zero-order valence-electron chi connectivity index (χ0n) is 11.1. The molecule has 19 heavy (non-hydrogen) atoms. The molecule has 0 fully saturated rings. The van der Waals surface area contributed by atoms with Crippen LogP contribution in [0.1, 0.15) is 18.9 Å². The Balaban J connectivity index is 2.54. The molecule has 1 aromatic rings. The van der Waals surface area contributed by atoms with Crippen LogP contribution in [-0.2, 0) is 16.3 Å². The average Bonchev–Trinajstić information content (AvgIpc) is 2.32. The van der Waals surface area contributed by atoms with Crippen LogP contribution in [0.4, 0.5) is 0 Å². The van der Waals surface area contributed by atoms with Gasteiger partial charge in [0.15, 0.2) is 9.84 Å². The molecule has 0 aliphatic carbocycles. The van der Waals surface area contributed by atoms with Gasteiger partial charge in [0.25, 0.3) is 0 Å². The highest BCUT2D eigenvalue weighted by molar-refractivity contribution is 7.91. The Hall–Kier alpha value is -0.780. The van der Waals surface area contributed by atoms with E-state index in [1.165, 1.54) is 0 Å². The third kappa shape index (κ3) is 5.80. The lowest BCUT2D eigenvalue weighted by atomic mass is 10.1. The van der Waals surface area contributed by atoms with Gasteiger partial charge in [0.1, 0.15) is 12.4 Å². The maximum absolute atomic E-state index is 11.5. The number of nitrogens with two attached hydrogens (primary N) is 1. The van der Waals surface area contributed by atoms with E-state index in [1.54, 1.807) is 12.1 Å². The largest absolute Gasteiger partial charge is 0.491 e. The normalized spacial score (nSPS) is 11.5. The van der Waals surface area contributed by atoms with E-state index < -0.39 is 9.84 Å². The second-order valence-corrected chi connectivity index (χ2v) is 7.01. The summed E-state index contributed by atoms with van der Waals surface area (Å²) >= 11 is 6.06. The molecule has 0 amide bonds. The lowest BCUT2D eigenvalue weighted by Crippen LogP contribution is -2.16. The molecule has 0 saturated carbocycles. The third-order valence-corrected chi connectivity index (χ3v) is 4.71. The van der Waals surface area contributed by atoms with E-state index in [1.807, 2.05) is 13.0 Å². The smallest absolute Gasteiger partial charge is 0.153 e. The van der Waals surface area contributed by atoms with Crippen molar-refractivity contribution >= 4 is 21.4 Å². The number of halogens is 1. The number of sulfone groups is 1. The Bertz CT molecular complexity index is 503. The Morgan fingerprint density at radius 3 is 2.63 bits per heavy atom. The van der Waals surface area contributed by atoms with E-state index in [2.05, 4.69) is 0 Å². The Kier molecular flexibility index (Phi) is 6.62. The van der Waals surface area contributed by atoms with E-state index in [9.17, 15) is 8.42 Å². The van der Waals surface area contributed by atoms with E-state index in [4.69, 9.17) is 22.1 Å². The number of hydrogen-bond acceptors (Lipinski definition) is 4. The van der Waals surface area contributed by atoms with E-state index in [0.29, 0.717) is 23.7 Å². The predicted molar refractivity (Wildman–Crippen MR) is 78.7 cm³/mol. The van der Waals surface area contributed by atoms with Crippen LogP contribution in [0.2, 0.25) is 5.02 Å².